The standard InChI is InChI=1S/C8H6N2S2/c9-8(11)5-1-3-10-6-2-4-12-7(5)6/h1-4H,(H2,9,11). The van der Waals surface area contributed by atoms with Crippen molar-refractivity contribution in [3.63, 3.8) is 0 Å². The van der Waals surface area contributed by atoms with Gasteiger partial charge in [0.15, 0.2) is 0 Å². The normalized spacial score (nSPS) is 10.3. The highest BCUT2D eigenvalue weighted by atomic mass is 32.1. The van der Waals surface area contributed by atoms with Crippen LogP contribution in [0.15, 0.2) is 23.7 Å². The van der Waals surface area contributed by atoms with Gasteiger partial charge in [-0.1, -0.05) is 12.2 Å². The Morgan fingerprint density at radius 3 is 3.08 bits per heavy atom. The first kappa shape index (κ1) is 7.64. The lowest BCUT2D eigenvalue weighted by Gasteiger charge is -1.97. The van der Waals surface area contributed by atoms with Crippen LogP contribution < -0.4 is 5.73 Å². The van der Waals surface area contributed by atoms with E-state index in [1.54, 1.807) is 17.5 Å². The van der Waals surface area contributed by atoms with E-state index in [9.17, 15) is 0 Å². The summed E-state index contributed by atoms with van der Waals surface area (Å²) in [5.74, 6) is 0. The summed E-state index contributed by atoms with van der Waals surface area (Å²) in [6, 6.07) is 3.81. The molecule has 2 nitrogen and oxygen atoms in total. The van der Waals surface area contributed by atoms with Crippen LogP contribution in [0, 0.1) is 0 Å². The summed E-state index contributed by atoms with van der Waals surface area (Å²) >= 11 is 6.52. The molecule has 0 bridgehead atoms. The van der Waals surface area contributed by atoms with Gasteiger partial charge in [0.2, 0.25) is 0 Å². The Hall–Kier alpha value is -1.000. The summed E-state index contributed by atoms with van der Waals surface area (Å²) in [5, 5.41) is 1.99. The Kier molecular flexibility index (Phi) is 1.78. The van der Waals surface area contributed by atoms with Crippen molar-refractivity contribution < 1.29 is 0 Å². The summed E-state index contributed by atoms with van der Waals surface area (Å²) in [5.41, 5.74) is 7.43. The maximum Gasteiger partial charge on any atom is 0.105 e. The van der Waals surface area contributed by atoms with Gasteiger partial charge in [0.1, 0.15) is 4.99 Å². The molecule has 0 amide bonds. The number of thiophene rings is 1. The van der Waals surface area contributed by atoms with Crippen LogP contribution in [0.25, 0.3) is 10.2 Å². The Labute approximate surface area is 79.0 Å². The maximum absolute atomic E-state index is 5.55. The molecule has 12 heavy (non-hydrogen) atoms. The first-order valence-electron chi connectivity index (χ1n) is 3.41. The van der Waals surface area contributed by atoms with Crippen molar-refractivity contribution in [3.05, 3.63) is 29.3 Å². The Bertz CT molecular complexity index is 433. The van der Waals surface area contributed by atoms with E-state index in [2.05, 4.69) is 4.98 Å². The van der Waals surface area contributed by atoms with Crippen LogP contribution in [0.2, 0.25) is 0 Å². The van der Waals surface area contributed by atoms with Gasteiger partial charge in [-0.3, -0.25) is 4.98 Å². The Morgan fingerprint density at radius 2 is 2.33 bits per heavy atom. The zero-order valence-corrected chi connectivity index (χ0v) is 7.78. The zero-order valence-electron chi connectivity index (χ0n) is 6.15. The van der Waals surface area contributed by atoms with Crippen molar-refractivity contribution in [2.45, 2.75) is 0 Å². The number of pyridine rings is 1. The second kappa shape index (κ2) is 2.80. The number of aromatic nitrogens is 1. The van der Waals surface area contributed by atoms with Crippen LogP contribution in [-0.2, 0) is 0 Å². The SMILES string of the molecule is NC(=S)c1ccnc2ccsc12. The molecular weight excluding hydrogens is 188 g/mol. The highest BCUT2D eigenvalue weighted by molar-refractivity contribution is 7.80. The summed E-state index contributed by atoms with van der Waals surface area (Å²) in [6.07, 6.45) is 1.73. The predicted octanol–water partition coefficient (Wildman–Crippen LogP) is 1.93. The largest absolute Gasteiger partial charge is 0.389 e. The molecule has 0 saturated heterocycles. The van der Waals surface area contributed by atoms with Crippen molar-refractivity contribution in [1.29, 1.82) is 0 Å². The Morgan fingerprint density at radius 1 is 1.50 bits per heavy atom. The van der Waals surface area contributed by atoms with E-state index >= 15 is 0 Å². The molecule has 0 atom stereocenters. The third-order valence-electron chi connectivity index (χ3n) is 1.61. The molecule has 60 valence electrons. The van der Waals surface area contributed by atoms with Crippen LogP contribution in [0.5, 0.6) is 0 Å². The van der Waals surface area contributed by atoms with Crippen LogP contribution in [0.1, 0.15) is 5.56 Å². The van der Waals surface area contributed by atoms with Gasteiger partial charge in [-0.15, -0.1) is 11.3 Å². The quantitative estimate of drug-likeness (QED) is 0.705. The summed E-state index contributed by atoms with van der Waals surface area (Å²) in [7, 11) is 0. The molecular formula is C8H6N2S2. The van der Waals surface area contributed by atoms with Crippen LogP contribution >= 0.6 is 23.6 Å². The topological polar surface area (TPSA) is 38.9 Å². The number of hydrogen-bond donors (Lipinski definition) is 1. The number of fused-ring (bicyclic) bond motifs is 1. The van der Waals surface area contributed by atoms with E-state index in [4.69, 9.17) is 18.0 Å². The van der Waals surface area contributed by atoms with Gasteiger partial charge in [0.05, 0.1) is 10.2 Å². The predicted molar refractivity (Wildman–Crippen MR) is 55.5 cm³/mol. The molecule has 0 aliphatic heterocycles. The summed E-state index contributed by atoms with van der Waals surface area (Å²) in [4.78, 5) is 4.61. The smallest absolute Gasteiger partial charge is 0.105 e. The number of thiocarbonyl (C=S) groups is 1. The number of nitrogens with zero attached hydrogens (tertiary/aromatic N) is 1. The number of rotatable bonds is 1. The average molecular weight is 194 g/mol. The zero-order chi connectivity index (χ0) is 8.55. The van der Waals surface area contributed by atoms with Crippen molar-refractivity contribution >= 4 is 38.8 Å². The Balaban J connectivity index is 2.82. The monoisotopic (exact) mass is 194 g/mol. The van der Waals surface area contributed by atoms with E-state index in [-0.39, 0.29) is 0 Å². The molecule has 2 rings (SSSR count). The molecule has 2 N–H and O–H groups in total. The lowest BCUT2D eigenvalue weighted by Crippen LogP contribution is -2.09. The van der Waals surface area contributed by atoms with Gasteiger partial charge in [0, 0.05) is 11.8 Å². The van der Waals surface area contributed by atoms with Crippen LogP contribution in [-0.4, -0.2) is 9.97 Å². The maximum atomic E-state index is 5.55. The van der Waals surface area contributed by atoms with Crippen LogP contribution in [0.4, 0.5) is 0 Å². The van der Waals surface area contributed by atoms with Crippen molar-refractivity contribution in [2.24, 2.45) is 5.73 Å². The molecule has 0 aliphatic rings. The fourth-order valence-corrected chi connectivity index (χ4v) is 2.18. The molecule has 0 aromatic carbocycles. The fraction of sp³-hybridized carbons (Fsp3) is 0. The van der Waals surface area contributed by atoms with Gasteiger partial charge < -0.3 is 5.73 Å². The minimum Gasteiger partial charge on any atom is -0.389 e. The highest BCUT2D eigenvalue weighted by Crippen LogP contribution is 2.22. The molecule has 2 aromatic heterocycles. The molecule has 0 fully saturated rings. The van der Waals surface area contributed by atoms with E-state index in [0.717, 1.165) is 15.8 Å². The van der Waals surface area contributed by atoms with Gasteiger partial charge in [-0.2, -0.15) is 0 Å². The number of hydrogen-bond acceptors (Lipinski definition) is 3. The van der Waals surface area contributed by atoms with E-state index in [1.807, 2.05) is 17.5 Å². The van der Waals surface area contributed by atoms with Gasteiger partial charge >= 0.3 is 0 Å². The summed E-state index contributed by atoms with van der Waals surface area (Å²) < 4.78 is 1.07. The minimum absolute atomic E-state index is 0.435. The van der Waals surface area contributed by atoms with Crippen molar-refractivity contribution in [1.82, 2.24) is 4.98 Å². The summed E-state index contributed by atoms with van der Waals surface area (Å²) in [6.45, 7) is 0. The minimum atomic E-state index is 0.435. The third-order valence-corrected chi connectivity index (χ3v) is 2.77. The first-order valence-corrected chi connectivity index (χ1v) is 4.70. The van der Waals surface area contributed by atoms with Gasteiger partial charge in [-0.25, -0.2) is 0 Å². The molecule has 2 heterocycles. The van der Waals surface area contributed by atoms with E-state index in [0.29, 0.717) is 4.99 Å². The second-order valence-electron chi connectivity index (χ2n) is 2.36. The molecule has 0 spiro atoms. The lowest BCUT2D eigenvalue weighted by molar-refractivity contribution is 1.42. The molecule has 2 aromatic rings. The molecule has 0 radical (unpaired) electrons. The van der Waals surface area contributed by atoms with Crippen molar-refractivity contribution in [2.75, 3.05) is 0 Å². The number of nitrogens with two attached hydrogens (primary N) is 1. The first-order chi connectivity index (χ1) is 5.79. The van der Waals surface area contributed by atoms with Gasteiger partial charge in [0.25, 0.3) is 0 Å². The lowest BCUT2D eigenvalue weighted by atomic mass is 10.2. The van der Waals surface area contributed by atoms with Gasteiger partial charge in [-0.05, 0) is 17.5 Å². The molecule has 0 unspecified atom stereocenters. The second-order valence-corrected chi connectivity index (χ2v) is 3.71. The molecule has 4 heteroatoms. The van der Waals surface area contributed by atoms with Crippen LogP contribution in [0.3, 0.4) is 0 Å². The van der Waals surface area contributed by atoms with Crippen molar-refractivity contribution in [3.8, 4) is 0 Å². The van der Waals surface area contributed by atoms with E-state index < -0.39 is 0 Å². The van der Waals surface area contributed by atoms with E-state index in [1.165, 1.54) is 0 Å². The fourth-order valence-electron chi connectivity index (χ4n) is 1.07. The third kappa shape index (κ3) is 1.09. The highest BCUT2D eigenvalue weighted by Gasteiger charge is 2.04. The average Bonchev–Trinajstić information content (AvgIpc) is 2.49. The molecule has 0 aliphatic carbocycles. The molecule has 0 saturated carbocycles.